The van der Waals surface area contributed by atoms with Crippen LogP contribution >= 0.6 is 0 Å². The lowest BCUT2D eigenvalue weighted by atomic mass is 9.83. The Labute approximate surface area is 176 Å². The van der Waals surface area contributed by atoms with E-state index < -0.39 is 11.6 Å². The highest BCUT2D eigenvalue weighted by molar-refractivity contribution is 6.54. The van der Waals surface area contributed by atoms with Gasteiger partial charge in [-0.05, 0) is 61.6 Å². The lowest BCUT2D eigenvalue weighted by molar-refractivity contribution is 0.0815. The van der Waals surface area contributed by atoms with E-state index in [4.69, 9.17) is 4.42 Å². The number of hydrogen-bond acceptors (Lipinski definition) is 4. The molecule has 0 amide bonds. The molecule has 0 aliphatic heterocycles. The predicted octanol–water partition coefficient (Wildman–Crippen LogP) is 5.77. The second-order valence-electron chi connectivity index (χ2n) is 8.81. The second kappa shape index (κ2) is 7.51. The second-order valence-corrected chi connectivity index (χ2v) is 8.81. The van der Waals surface area contributed by atoms with Crippen molar-refractivity contribution in [2.75, 3.05) is 6.54 Å². The van der Waals surface area contributed by atoms with Crippen molar-refractivity contribution < 1.29 is 14.0 Å². The van der Waals surface area contributed by atoms with Crippen molar-refractivity contribution in [2.24, 2.45) is 5.92 Å². The highest BCUT2D eigenvalue weighted by Gasteiger charge is 2.37. The van der Waals surface area contributed by atoms with Gasteiger partial charge in [-0.1, -0.05) is 43.5 Å². The maximum absolute atomic E-state index is 13.1. The minimum Gasteiger partial charge on any atom is -0.459 e. The van der Waals surface area contributed by atoms with Gasteiger partial charge in [0.15, 0.2) is 0 Å². The first-order valence-electron chi connectivity index (χ1n) is 11.0. The zero-order chi connectivity index (χ0) is 20.8. The van der Waals surface area contributed by atoms with E-state index in [0.29, 0.717) is 23.4 Å². The van der Waals surface area contributed by atoms with Gasteiger partial charge in [0, 0.05) is 16.7 Å². The largest absolute Gasteiger partial charge is 0.459 e. The van der Waals surface area contributed by atoms with Crippen LogP contribution in [0.25, 0.3) is 22.1 Å². The molecule has 1 saturated carbocycles. The zero-order valence-corrected chi connectivity index (χ0v) is 17.6. The molecule has 1 heterocycles. The highest BCUT2D eigenvalue weighted by atomic mass is 16.3. The summed E-state index contributed by atoms with van der Waals surface area (Å²) in [7, 11) is 0. The SMILES string of the molecule is Cc1c(CNCC2CCCCC2)oc2c1C(=O)C(=O)c1c-2ccc2c(C)cccc12. The Morgan fingerprint density at radius 3 is 2.50 bits per heavy atom. The van der Waals surface area contributed by atoms with Gasteiger partial charge in [-0.25, -0.2) is 0 Å². The molecule has 2 aliphatic carbocycles. The highest BCUT2D eigenvalue weighted by Crippen LogP contribution is 2.41. The number of carbonyl (C=O) groups is 2. The van der Waals surface area contributed by atoms with E-state index in [1.807, 2.05) is 44.2 Å². The molecule has 4 nitrogen and oxygen atoms in total. The first-order valence-corrected chi connectivity index (χ1v) is 11.0. The van der Waals surface area contributed by atoms with Crippen molar-refractivity contribution in [2.45, 2.75) is 52.5 Å². The number of nitrogens with one attached hydrogen (secondary N) is 1. The molecule has 1 fully saturated rings. The summed E-state index contributed by atoms with van der Waals surface area (Å²) in [6.07, 6.45) is 6.56. The van der Waals surface area contributed by atoms with E-state index in [1.165, 1.54) is 32.1 Å². The van der Waals surface area contributed by atoms with Crippen LogP contribution in [0.4, 0.5) is 0 Å². The number of fused-ring (bicyclic) bond motifs is 5. The maximum atomic E-state index is 13.1. The summed E-state index contributed by atoms with van der Waals surface area (Å²) < 4.78 is 6.22. The average molecular weight is 402 g/mol. The monoisotopic (exact) mass is 401 g/mol. The predicted molar refractivity (Wildman–Crippen MR) is 118 cm³/mol. The molecule has 5 rings (SSSR count). The minimum atomic E-state index is -0.453. The summed E-state index contributed by atoms with van der Waals surface area (Å²) in [5.41, 5.74) is 3.52. The average Bonchev–Trinajstić information content (AvgIpc) is 3.09. The fraction of sp³-hybridized carbons (Fsp3) is 0.385. The van der Waals surface area contributed by atoms with Gasteiger partial charge in [0.25, 0.3) is 0 Å². The number of rotatable bonds is 4. The van der Waals surface area contributed by atoms with Gasteiger partial charge in [0.05, 0.1) is 12.1 Å². The fourth-order valence-electron chi connectivity index (χ4n) is 5.15. The molecule has 4 heteroatoms. The van der Waals surface area contributed by atoms with E-state index in [1.54, 1.807) is 0 Å². The van der Waals surface area contributed by atoms with Crippen LogP contribution in [0, 0.1) is 19.8 Å². The molecule has 1 aromatic heterocycles. The Kier molecular flexibility index (Phi) is 4.82. The third-order valence-corrected chi connectivity index (χ3v) is 6.87. The van der Waals surface area contributed by atoms with Crippen LogP contribution in [0.3, 0.4) is 0 Å². The molecule has 0 spiro atoms. The summed E-state index contributed by atoms with van der Waals surface area (Å²) in [5, 5.41) is 5.34. The van der Waals surface area contributed by atoms with Gasteiger partial charge in [-0.2, -0.15) is 0 Å². The molecule has 0 radical (unpaired) electrons. The summed E-state index contributed by atoms with van der Waals surface area (Å²) in [6.45, 7) is 5.46. The number of Topliss-reactive ketones (excluding diaryl/α,β-unsaturated/α-hetero) is 2. The Bertz CT molecular complexity index is 1160. The lowest BCUT2D eigenvalue weighted by Gasteiger charge is -2.21. The Balaban J connectivity index is 1.51. The molecule has 2 aliphatic rings. The van der Waals surface area contributed by atoms with Gasteiger partial charge in [-0.3, -0.25) is 9.59 Å². The number of furan rings is 1. The third kappa shape index (κ3) is 3.02. The number of carbonyl (C=O) groups excluding carboxylic acids is 2. The Hall–Kier alpha value is -2.72. The van der Waals surface area contributed by atoms with Crippen molar-refractivity contribution in [1.29, 1.82) is 0 Å². The first-order chi connectivity index (χ1) is 14.6. The van der Waals surface area contributed by atoms with Crippen molar-refractivity contribution >= 4 is 22.3 Å². The van der Waals surface area contributed by atoms with Crippen molar-refractivity contribution in [3.8, 4) is 11.3 Å². The van der Waals surface area contributed by atoms with E-state index in [9.17, 15) is 9.59 Å². The van der Waals surface area contributed by atoms with E-state index in [2.05, 4.69) is 5.32 Å². The lowest BCUT2D eigenvalue weighted by Crippen LogP contribution is -2.24. The van der Waals surface area contributed by atoms with Crippen LogP contribution in [0.15, 0.2) is 34.7 Å². The van der Waals surface area contributed by atoms with Gasteiger partial charge < -0.3 is 9.73 Å². The van der Waals surface area contributed by atoms with Crippen molar-refractivity contribution in [3.05, 3.63) is 58.3 Å². The van der Waals surface area contributed by atoms with Crippen LogP contribution in [-0.2, 0) is 6.54 Å². The Morgan fingerprint density at radius 2 is 1.70 bits per heavy atom. The molecule has 0 atom stereocenters. The molecule has 30 heavy (non-hydrogen) atoms. The van der Waals surface area contributed by atoms with Crippen LogP contribution < -0.4 is 5.32 Å². The number of benzene rings is 2. The fourth-order valence-corrected chi connectivity index (χ4v) is 5.15. The van der Waals surface area contributed by atoms with E-state index in [0.717, 1.165) is 45.7 Å². The van der Waals surface area contributed by atoms with Crippen molar-refractivity contribution in [1.82, 2.24) is 5.32 Å². The summed E-state index contributed by atoms with van der Waals surface area (Å²) in [4.78, 5) is 26.1. The quantitative estimate of drug-likeness (QED) is 0.564. The van der Waals surface area contributed by atoms with Gasteiger partial charge in [0.1, 0.15) is 11.5 Å². The molecule has 154 valence electrons. The molecular formula is C26H27NO3. The van der Waals surface area contributed by atoms with Gasteiger partial charge >= 0.3 is 0 Å². The smallest absolute Gasteiger partial charge is 0.237 e. The summed E-state index contributed by atoms with van der Waals surface area (Å²) >= 11 is 0. The third-order valence-electron chi connectivity index (χ3n) is 6.87. The van der Waals surface area contributed by atoms with E-state index in [-0.39, 0.29) is 0 Å². The molecular weight excluding hydrogens is 374 g/mol. The van der Waals surface area contributed by atoms with Crippen LogP contribution in [0.1, 0.15) is 69.7 Å². The molecule has 1 N–H and O–H groups in total. The van der Waals surface area contributed by atoms with Crippen LogP contribution in [-0.4, -0.2) is 18.1 Å². The minimum absolute atomic E-state index is 0.431. The van der Waals surface area contributed by atoms with Crippen LogP contribution in [0.5, 0.6) is 0 Å². The van der Waals surface area contributed by atoms with E-state index >= 15 is 0 Å². The molecule has 0 bridgehead atoms. The summed E-state index contributed by atoms with van der Waals surface area (Å²) in [6, 6.07) is 9.81. The first kappa shape index (κ1) is 19.3. The van der Waals surface area contributed by atoms with Crippen molar-refractivity contribution in [3.63, 3.8) is 0 Å². The van der Waals surface area contributed by atoms with Gasteiger partial charge in [-0.15, -0.1) is 0 Å². The normalized spacial score (nSPS) is 16.7. The number of aryl methyl sites for hydroxylation is 1. The van der Waals surface area contributed by atoms with Crippen LogP contribution in [0.2, 0.25) is 0 Å². The zero-order valence-electron chi connectivity index (χ0n) is 17.6. The molecule has 0 unspecified atom stereocenters. The standard InChI is InChI=1S/C26H27NO3/c1-15-7-6-10-19-18(15)11-12-20-23(19)25(29)24(28)22-16(2)21(30-26(20)22)14-27-13-17-8-4-3-5-9-17/h6-7,10-12,17,27H,3-5,8-9,13-14H2,1-2H3. The van der Waals surface area contributed by atoms with Gasteiger partial charge in [0.2, 0.25) is 11.6 Å². The topological polar surface area (TPSA) is 59.3 Å². The molecule has 3 aromatic rings. The Morgan fingerprint density at radius 1 is 0.933 bits per heavy atom. The maximum Gasteiger partial charge on any atom is 0.237 e. The summed E-state index contributed by atoms with van der Waals surface area (Å²) in [5.74, 6) is 1.15. The number of ketones is 2. The number of hydrogen-bond donors (Lipinski definition) is 1. The molecule has 0 saturated heterocycles. The molecule has 2 aromatic carbocycles.